The molecule has 0 saturated heterocycles. The van der Waals surface area contributed by atoms with Gasteiger partial charge in [0.15, 0.2) is 0 Å². The fourth-order valence-electron chi connectivity index (χ4n) is 1.73. The molecule has 0 bridgehead atoms. The summed E-state index contributed by atoms with van der Waals surface area (Å²) in [6.45, 7) is 1.56. The molecule has 0 saturated carbocycles. The Balaban J connectivity index is 2.41. The zero-order valence-electron chi connectivity index (χ0n) is 11.0. The van der Waals surface area contributed by atoms with Gasteiger partial charge >= 0.3 is 6.18 Å². The smallest absolute Gasteiger partial charge is 0.419 e. The number of rotatable bonds is 3. The highest BCUT2D eigenvalue weighted by Gasteiger charge is 2.34. The molecule has 0 aliphatic rings. The summed E-state index contributed by atoms with van der Waals surface area (Å²) in [5.74, 6) is -0.858. The SMILES string of the molecule is Cc1ccc(Oc2ccc(CBr)cc2C(F)(F)F)cc1F. The lowest BCUT2D eigenvalue weighted by Gasteiger charge is -2.15. The maximum absolute atomic E-state index is 13.4. The van der Waals surface area contributed by atoms with Crippen LogP contribution in [0.4, 0.5) is 17.6 Å². The van der Waals surface area contributed by atoms with Crippen molar-refractivity contribution in [3.8, 4) is 11.5 Å². The summed E-state index contributed by atoms with van der Waals surface area (Å²) in [5, 5.41) is 0.301. The van der Waals surface area contributed by atoms with Gasteiger partial charge < -0.3 is 4.74 Å². The molecule has 2 rings (SSSR count). The Bertz CT molecular complexity index is 653. The van der Waals surface area contributed by atoms with Crippen LogP contribution in [0.15, 0.2) is 36.4 Å². The van der Waals surface area contributed by atoms with E-state index < -0.39 is 17.6 Å². The molecule has 0 aliphatic heterocycles. The van der Waals surface area contributed by atoms with Gasteiger partial charge in [-0.3, -0.25) is 0 Å². The summed E-state index contributed by atoms with van der Waals surface area (Å²) in [6.07, 6.45) is -4.54. The van der Waals surface area contributed by atoms with Gasteiger partial charge in [0.2, 0.25) is 0 Å². The standard InChI is InChI=1S/C15H11BrF4O/c1-9-2-4-11(7-13(9)17)21-14-5-3-10(8-16)6-12(14)15(18,19)20/h2-7H,8H2,1H3. The number of halogens is 5. The molecule has 0 atom stereocenters. The van der Waals surface area contributed by atoms with E-state index in [4.69, 9.17) is 4.74 Å². The Morgan fingerprint density at radius 1 is 1.10 bits per heavy atom. The lowest BCUT2D eigenvalue weighted by Crippen LogP contribution is -2.08. The van der Waals surface area contributed by atoms with Crippen molar-refractivity contribution in [1.82, 2.24) is 0 Å². The van der Waals surface area contributed by atoms with Crippen molar-refractivity contribution >= 4 is 15.9 Å². The highest BCUT2D eigenvalue weighted by atomic mass is 79.9. The van der Waals surface area contributed by atoms with Crippen LogP contribution in [0, 0.1) is 12.7 Å². The molecule has 0 spiro atoms. The average Bonchev–Trinajstić information content (AvgIpc) is 2.42. The van der Waals surface area contributed by atoms with Crippen molar-refractivity contribution in [2.75, 3.05) is 0 Å². The first-order valence-corrected chi connectivity index (χ1v) is 7.13. The monoisotopic (exact) mass is 362 g/mol. The van der Waals surface area contributed by atoms with Crippen LogP contribution in [0.5, 0.6) is 11.5 Å². The molecular weight excluding hydrogens is 352 g/mol. The predicted molar refractivity (Wildman–Crippen MR) is 75.3 cm³/mol. The minimum absolute atomic E-state index is 0.0233. The molecule has 0 aromatic heterocycles. The topological polar surface area (TPSA) is 9.23 Å². The Morgan fingerprint density at radius 2 is 1.81 bits per heavy atom. The molecule has 21 heavy (non-hydrogen) atoms. The molecule has 2 aromatic carbocycles. The first kappa shape index (κ1) is 15.8. The quantitative estimate of drug-likeness (QED) is 0.492. The van der Waals surface area contributed by atoms with E-state index in [1.807, 2.05) is 0 Å². The molecule has 0 heterocycles. The normalized spacial score (nSPS) is 11.5. The second-order valence-corrected chi connectivity index (χ2v) is 5.04. The average molecular weight is 363 g/mol. The molecule has 112 valence electrons. The van der Waals surface area contributed by atoms with Crippen LogP contribution in [-0.4, -0.2) is 0 Å². The maximum atomic E-state index is 13.4. The van der Waals surface area contributed by atoms with E-state index in [0.29, 0.717) is 16.5 Å². The van der Waals surface area contributed by atoms with Gasteiger partial charge in [-0.15, -0.1) is 0 Å². The zero-order valence-corrected chi connectivity index (χ0v) is 12.6. The van der Waals surface area contributed by atoms with Crippen LogP contribution in [0.1, 0.15) is 16.7 Å². The lowest BCUT2D eigenvalue weighted by molar-refractivity contribution is -0.138. The first-order valence-electron chi connectivity index (χ1n) is 6.01. The highest BCUT2D eigenvalue weighted by molar-refractivity contribution is 9.08. The van der Waals surface area contributed by atoms with E-state index in [2.05, 4.69) is 15.9 Å². The van der Waals surface area contributed by atoms with E-state index in [1.54, 1.807) is 6.92 Å². The van der Waals surface area contributed by atoms with Crippen LogP contribution in [0.25, 0.3) is 0 Å². The summed E-state index contributed by atoms with van der Waals surface area (Å²) in [5.41, 5.74) is -0.0155. The molecule has 0 amide bonds. The third kappa shape index (κ3) is 3.75. The number of ether oxygens (including phenoxy) is 1. The van der Waals surface area contributed by atoms with E-state index >= 15 is 0 Å². The van der Waals surface area contributed by atoms with Gasteiger partial charge in [-0.25, -0.2) is 4.39 Å². The van der Waals surface area contributed by atoms with Crippen molar-refractivity contribution < 1.29 is 22.3 Å². The van der Waals surface area contributed by atoms with E-state index in [9.17, 15) is 17.6 Å². The molecule has 6 heteroatoms. The Hall–Kier alpha value is -1.56. The van der Waals surface area contributed by atoms with E-state index in [-0.39, 0.29) is 11.5 Å². The number of alkyl halides is 4. The third-order valence-electron chi connectivity index (χ3n) is 2.87. The summed E-state index contributed by atoms with van der Waals surface area (Å²) < 4.78 is 57.7. The number of hydrogen-bond acceptors (Lipinski definition) is 1. The van der Waals surface area contributed by atoms with Gasteiger partial charge in [-0.2, -0.15) is 13.2 Å². The van der Waals surface area contributed by atoms with E-state index in [1.165, 1.54) is 24.3 Å². The van der Waals surface area contributed by atoms with E-state index in [0.717, 1.165) is 12.1 Å². The number of benzene rings is 2. The van der Waals surface area contributed by atoms with Gasteiger partial charge in [0.25, 0.3) is 0 Å². The van der Waals surface area contributed by atoms with Crippen molar-refractivity contribution in [1.29, 1.82) is 0 Å². The molecule has 0 fully saturated rings. The molecule has 0 aliphatic carbocycles. The molecule has 0 unspecified atom stereocenters. The van der Waals surface area contributed by atoms with Gasteiger partial charge in [-0.1, -0.05) is 28.1 Å². The van der Waals surface area contributed by atoms with Crippen LogP contribution in [0.3, 0.4) is 0 Å². The van der Waals surface area contributed by atoms with Gasteiger partial charge in [-0.05, 0) is 36.2 Å². The van der Waals surface area contributed by atoms with Crippen LogP contribution >= 0.6 is 15.9 Å². The summed E-state index contributed by atoms with van der Waals surface area (Å²) >= 11 is 3.11. The van der Waals surface area contributed by atoms with Crippen molar-refractivity contribution in [3.63, 3.8) is 0 Å². The van der Waals surface area contributed by atoms with Crippen LogP contribution in [-0.2, 0) is 11.5 Å². The summed E-state index contributed by atoms with van der Waals surface area (Å²) in [4.78, 5) is 0. The van der Waals surface area contributed by atoms with Crippen LogP contribution in [0.2, 0.25) is 0 Å². The predicted octanol–water partition coefficient (Wildman–Crippen LogP) is 5.84. The Morgan fingerprint density at radius 3 is 2.38 bits per heavy atom. The molecule has 2 aromatic rings. The van der Waals surface area contributed by atoms with Gasteiger partial charge in [0.05, 0.1) is 5.56 Å². The highest BCUT2D eigenvalue weighted by Crippen LogP contribution is 2.39. The summed E-state index contributed by atoms with van der Waals surface area (Å²) in [7, 11) is 0. The lowest BCUT2D eigenvalue weighted by atomic mass is 10.1. The molecule has 1 nitrogen and oxygen atoms in total. The molecule has 0 radical (unpaired) electrons. The zero-order chi connectivity index (χ0) is 15.6. The largest absolute Gasteiger partial charge is 0.457 e. The second kappa shape index (κ2) is 6.05. The fraction of sp³-hybridized carbons (Fsp3) is 0.200. The molecular formula is C15H11BrF4O. The third-order valence-corrected chi connectivity index (χ3v) is 3.52. The maximum Gasteiger partial charge on any atom is 0.419 e. The fourth-order valence-corrected chi connectivity index (χ4v) is 2.08. The minimum atomic E-state index is -4.54. The number of aryl methyl sites for hydroxylation is 1. The molecule has 0 N–H and O–H groups in total. The van der Waals surface area contributed by atoms with Crippen LogP contribution < -0.4 is 4.74 Å². The van der Waals surface area contributed by atoms with Gasteiger partial charge in [0, 0.05) is 11.4 Å². The Kier molecular flexibility index (Phi) is 4.56. The number of hydrogen-bond donors (Lipinski definition) is 0. The van der Waals surface area contributed by atoms with Crippen molar-refractivity contribution in [2.45, 2.75) is 18.4 Å². The summed E-state index contributed by atoms with van der Waals surface area (Å²) in [6, 6.07) is 7.70. The minimum Gasteiger partial charge on any atom is -0.457 e. The van der Waals surface area contributed by atoms with Crippen molar-refractivity contribution in [2.24, 2.45) is 0 Å². The van der Waals surface area contributed by atoms with Gasteiger partial charge in [0.1, 0.15) is 17.3 Å². The first-order chi connectivity index (χ1) is 9.81. The second-order valence-electron chi connectivity index (χ2n) is 4.47. The van der Waals surface area contributed by atoms with Crippen molar-refractivity contribution in [3.05, 3.63) is 58.9 Å². The Labute approximate surface area is 127 Å².